The Hall–Kier alpha value is -2.24. The average molecular weight is 406 g/mol. The van der Waals surface area contributed by atoms with Crippen molar-refractivity contribution < 1.29 is 9.59 Å². The smallest absolute Gasteiger partial charge is 0.253 e. The number of hydrogen-bond acceptors (Lipinski definition) is 3. The summed E-state index contributed by atoms with van der Waals surface area (Å²) in [6.07, 6.45) is 3.30. The van der Waals surface area contributed by atoms with Gasteiger partial charge in [0.15, 0.2) is 0 Å². The zero-order valence-corrected chi connectivity index (χ0v) is 16.3. The summed E-state index contributed by atoms with van der Waals surface area (Å²) < 4.78 is 0. The van der Waals surface area contributed by atoms with Gasteiger partial charge in [0.05, 0.1) is 17.3 Å². The summed E-state index contributed by atoms with van der Waals surface area (Å²) in [4.78, 5) is 26.5. The standard InChI is InChI=1S/C20H21Cl2N3O2/c21-15-6-9-17(22)18(12-15)23-13-19(26)24-16-7-4-14(5-8-16)20(27)25-10-2-1-3-11-25/h4-9,12,23H,1-3,10-11,13H2,(H,24,26). The van der Waals surface area contributed by atoms with E-state index in [1.54, 1.807) is 42.5 Å². The first-order valence-corrected chi connectivity index (χ1v) is 9.66. The van der Waals surface area contributed by atoms with Crippen molar-refractivity contribution in [2.75, 3.05) is 30.3 Å². The van der Waals surface area contributed by atoms with Gasteiger partial charge in [-0.2, -0.15) is 0 Å². The van der Waals surface area contributed by atoms with Crippen LogP contribution in [-0.2, 0) is 4.79 Å². The molecule has 0 bridgehead atoms. The lowest BCUT2D eigenvalue weighted by molar-refractivity contribution is -0.114. The maximum atomic E-state index is 12.5. The van der Waals surface area contributed by atoms with E-state index in [-0.39, 0.29) is 18.4 Å². The molecule has 1 saturated heterocycles. The van der Waals surface area contributed by atoms with Crippen LogP contribution in [0.1, 0.15) is 29.6 Å². The normalized spacial score (nSPS) is 13.9. The SMILES string of the molecule is O=C(CNc1cc(Cl)ccc1Cl)Nc1ccc(C(=O)N2CCCCC2)cc1. The van der Waals surface area contributed by atoms with Crippen LogP contribution >= 0.6 is 23.2 Å². The van der Waals surface area contributed by atoms with E-state index < -0.39 is 0 Å². The Kier molecular flexibility index (Phi) is 6.58. The number of carbonyl (C=O) groups is 2. The van der Waals surface area contributed by atoms with Crippen molar-refractivity contribution in [1.82, 2.24) is 4.90 Å². The third kappa shape index (κ3) is 5.37. The Labute approximate surface area is 168 Å². The van der Waals surface area contributed by atoms with Gasteiger partial charge in [0.1, 0.15) is 0 Å². The van der Waals surface area contributed by atoms with E-state index in [4.69, 9.17) is 23.2 Å². The third-order valence-electron chi connectivity index (χ3n) is 4.43. The van der Waals surface area contributed by atoms with Gasteiger partial charge in [0, 0.05) is 29.4 Å². The summed E-state index contributed by atoms with van der Waals surface area (Å²) in [7, 11) is 0. The van der Waals surface area contributed by atoms with Crippen LogP contribution in [0.25, 0.3) is 0 Å². The molecule has 7 heteroatoms. The fraction of sp³-hybridized carbons (Fsp3) is 0.300. The van der Waals surface area contributed by atoms with Crippen LogP contribution in [-0.4, -0.2) is 36.3 Å². The largest absolute Gasteiger partial charge is 0.375 e. The number of carbonyl (C=O) groups excluding carboxylic acids is 2. The van der Waals surface area contributed by atoms with Gasteiger partial charge in [-0.3, -0.25) is 9.59 Å². The monoisotopic (exact) mass is 405 g/mol. The number of likely N-dealkylation sites (tertiary alicyclic amines) is 1. The number of nitrogens with zero attached hydrogens (tertiary/aromatic N) is 1. The molecule has 1 aliphatic heterocycles. The van der Waals surface area contributed by atoms with Crippen molar-refractivity contribution >= 4 is 46.4 Å². The number of rotatable bonds is 5. The fourth-order valence-electron chi connectivity index (χ4n) is 2.99. The molecule has 0 saturated carbocycles. The second kappa shape index (κ2) is 9.11. The molecule has 0 unspecified atom stereocenters. The van der Waals surface area contributed by atoms with Crippen molar-refractivity contribution in [2.45, 2.75) is 19.3 Å². The number of hydrogen-bond donors (Lipinski definition) is 2. The lowest BCUT2D eigenvalue weighted by Crippen LogP contribution is -2.35. The average Bonchev–Trinajstić information content (AvgIpc) is 2.69. The first kappa shape index (κ1) is 19.5. The van der Waals surface area contributed by atoms with Crippen LogP contribution in [0.3, 0.4) is 0 Å². The maximum absolute atomic E-state index is 12.5. The van der Waals surface area contributed by atoms with Gasteiger partial charge in [0.25, 0.3) is 5.91 Å². The lowest BCUT2D eigenvalue weighted by Gasteiger charge is -2.26. The zero-order valence-electron chi connectivity index (χ0n) is 14.8. The molecule has 0 spiro atoms. The fourth-order valence-corrected chi connectivity index (χ4v) is 3.35. The molecule has 1 fully saturated rings. The summed E-state index contributed by atoms with van der Waals surface area (Å²) in [5.41, 5.74) is 1.87. The Bertz CT molecular complexity index is 818. The number of anilines is 2. The lowest BCUT2D eigenvalue weighted by atomic mass is 10.1. The van der Waals surface area contributed by atoms with E-state index in [1.165, 1.54) is 6.42 Å². The Balaban J connectivity index is 1.53. The molecule has 0 atom stereocenters. The van der Waals surface area contributed by atoms with Crippen molar-refractivity contribution in [3.05, 3.63) is 58.1 Å². The van der Waals surface area contributed by atoms with Crippen molar-refractivity contribution in [3.63, 3.8) is 0 Å². The minimum atomic E-state index is -0.221. The van der Waals surface area contributed by atoms with E-state index in [2.05, 4.69) is 10.6 Å². The van der Waals surface area contributed by atoms with Gasteiger partial charge < -0.3 is 15.5 Å². The molecule has 0 radical (unpaired) electrons. The highest BCUT2D eigenvalue weighted by Gasteiger charge is 2.18. The van der Waals surface area contributed by atoms with Crippen LogP contribution in [0.15, 0.2) is 42.5 Å². The topological polar surface area (TPSA) is 61.4 Å². The highest BCUT2D eigenvalue weighted by molar-refractivity contribution is 6.35. The predicted octanol–water partition coefficient (Wildman–Crippen LogP) is 4.67. The molecule has 0 aromatic heterocycles. The number of halogens is 2. The van der Waals surface area contributed by atoms with Gasteiger partial charge in [-0.25, -0.2) is 0 Å². The first-order valence-electron chi connectivity index (χ1n) is 8.91. The second-order valence-electron chi connectivity index (χ2n) is 6.46. The van der Waals surface area contributed by atoms with Gasteiger partial charge in [-0.05, 0) is 61.7 Å². The molecule has 2 N–H and O–H groups in total. The minimum absolute atomic E-state index is 0.0461. The van der Waals surface area contributed by atoms with Crippen LogP contribution < -0.4 is 10.6 Å². The molecule has 1 heterocycles. The Morgan fingerprint density at radius 2 is 1.67 bits per heavy atom. The summed E-state index contributed by atoms with van der Waals surface area (Å²) in [6.45, 7) is 1.68. The maximum Gasteiger partial charge on any atom is 0.253 e. The number of nitrogens with one attached hydrogen (secondary N) is 2. The van der Waals surface area contributed by atoms with Crippen molar-refractivity contribution in [3.8, 4) is 0 Å². The summed E-state index contributed by atoms with van der Waals surface area (Å²) in [5.74, 6) is -0.175. The minimum Gasteiger partial charge on any atom is -0.375 e. The highest BCUT2D eigenvalue weighted by Crippen LogP contribution is 2.25. The van der Waals surface area contributed by atoms with Crippen LogP contribution in [0.5, 0.6) is 0 Å². The molecule has 27 heavy (non-hydrogen) atoms. The number of piperidine rings is 1. The van der Waals surface area contributed by atoms with Crippen LogP contribution in [0.4, 0.5) is 11.4 Å². The molecule has 142 valence electrons. The quantitative estimate of drug-likeness (QED) is 0.759. The Morgan fingerprint density at radius 3 is 2.37 bits per heavy atom. The second-order valence-corrected chi connectivity index (χ2v) is 7.30. The summed E-state index contributed by atoms with van der Waals surface area (Å²) >= 11 is 12.0. The third-order valence-corrected chi connectivity index (χ3v) is 4.99. The van der Waals surface area contributed by atoms with Crippen molar-refractivity contribution in [2.24, 2.45) is 0 Å². The molecule has 5 nitrogen and oxygen atoms in total. The molecule has 2 amide bonds. The van der Waals surface area contributed by atoms with E-state index in [0.29, 0.717) is 27.0 Å². The molecule has 2 aromatic carbocycles. The summed E-state index contributed by atoms with van der Waals surface area (Å²) in [6, 6.07) is 12.0. The van der Waals surface area contributed by atoms with E-state index >= 15 is 0 Å². The predicted molar refractivity (Wildman–Crippen MR) is 110 cm³/mol. The van der Waals surface area contributed by atoms with Gasteiger partial charge in [0.2, 0.25) is 5.91 Å². The first-order chi connectivity index (χ1) is 13.0. The zero-order chi connectivity index (χ0) is 19.2. The number of amides is 2. The van der Waals surface area contributed by atoms with E-state index in [9.17, 15) is 9.59 Å². The van der Waals surface area contributed by atoms with Gasteiger partial charge in [-0.15, -0.1) is 0 Å². The van der Waals surface area contributed by atoms with E-state index in [0.717, 1.165) is 25.9 Å². The molecular weight excluding hydrogens is 385 g/mol. The number of benzene rings is 2. The van der Waals surface area contributed by atoms with Gasteiger partial charge >= 0.3 is 0 Å². The van der Waals surface area contributed by atoms with E-state index in [1.807, 2.05) is 4.90 Å². The highest BCUT2D eigenvalue weighted by atomic mass is 35.5. The van der Waals surface area contributed by atoms with Crippen LogP contribution in [0.2, 0.25) is 10.0 Å². The molecule has 3 rings (SSSR count). The molecule has 2 aromatic rings. The van der Waals surface area contributed by atoms with Gasteiger partial charge in [-0.1, -0.05) is 23.2 Å². The summed E-state index contributed by atoms with van der Waals surface area (Å²) in [5, 5.41) is 6.78. The molecular formula is C20H21Cl2N3O2. The Morgan fingerprint density at radius 1 is 0.963 bits per heavy atom. The van der Waals surface area contributed by atoms with Crippen molar-refractivity contribution in [1.29, 1.82) is 0 Å². The van der Waals surface area contributed by atoms with Crippen LogP contribution in [0, 0.1) is 0 Å². The molecule has 1 aliphatic rings. The molecule has 0 aliphatic carbocycles.